The fourth-order valence-corrected chi connectivity index (χ4v) is 2.91. The van der Waals surface area contributed by atoms with Crippen LogP contribution in [0.1, 0.15) is 24.6 Å². The molecule has 1 N–H and O–H groups in total. The highest BCUT2D eigenvalue weighted by atomic mass is 19.1. The third kappa shape index (κ3) is 2.35. The van der Waals surface area contributed by atoms with E-state index in [9.17, 15) is 4.39 Å². The summed E-state index contributed by atoms with van der Waals surface area (Å²) in [5.74, 6) is 0.981. The van der Waals surface area contributed by atoms with Crippen molar-refractivity contribution in [1.82, 2.24) is 25.1 Å². The van der Waals surface area contributed by atoms with E-state index in [2.05, 4.69) is 20.6 Å². The van der Waals surface area contributed by atoms with Crippen LogP contribution >= 0.6 is 0 Å². The summed E-state index contributed by atoms with van der Waals surface area (Å²) in [6.07, 6.45) is 2.23. The van der Waals surface area contributed by atoms with Gasteiger partial charge in [-0.25, -0.2) is 4.39 Å². The van der Waals surface area contributed by atoms with Gasteiger partial charge in [-0.15, -0.1) is 10.2 Å². The number of benzene rings is 1. The van der Waals surface area contributed by atoms with Gasteiger partial charge < -0.3 is 5.32 Å². The van der Waals surface area contributed by atoms with E-state index in [0.29, 0.717) is 5.92 Å². The molecule has 1 aromatic carbocycles. The van der Waals surface area contributed by atoms with Crippen molar-refractivity contribution in [1.29, 1.82) is 0 Å². The van der Waals surface area contributed by atoms with Crippen LogP contribution in [-0.2, 0) is 0 Å². The average Bonchev–Trinajstić information content (AvgIpc) is 2.99. The van der Waals surface area contributed by atoms with Crippen LogP contribution < -0.4 is 5.32 Å². The normalized spacial score (nSPS) is 18.7. The number of nitrogens with zero attached hydrogens (tertiary/aromatic N) is 4. The van der Waals surface area contributed by atoms with Crippen LogP contribution in [0, 0.1) is 5.82 Å². The van der Waals surface area contributed by atoms with Gasteiger partial charge in [0.1, 0.15) is 5.82 Å². The van der Waals surface area contributed by atoms with Crippen molar-refractivity contribution in [3.05, 3.63) is 48.0 Å². The molecule has 1 fully saturated rings. The second-order valence-electron chi connectivity index (χ2n) is 5.60. The zero-order valence-electron chi connectivity index (χ0n) is 12.0. The summed E-state index contributed by atoms with van der Waals surface area (Å²) in [7, 11) is 0. The molecular formula is C16H16FN5. The summed E-state index contributed by atoms with van der Waals surface area (Å²) in [4.78, 5) is 0. The van der Waals surface area contributed by atoms with Gasteiger partial charge in [-0.05, 0) is 55.8 Å². The predicted octanol–water partition coefficient (Wildman–Crippen LogP) is 2.40. The molecule has 3 aromatic rings. The van der Waals surface area contributed by atoms with E-state index in [4.69, 9.17) is 0 Å². The number of hydrogen-bond donors (Lipinski definition) is 1. The fraction of sp³-hybridized carbons (Fsp3) is 0.312. The highest BCUT2D eigenvalue weighted by Crippen LogP contribution is 2.23. The Morgan fingerprint density at radius 3 is 2.73 bits per heavy atom. The Balaban J connectivity index is 1.77. The molecule has 2 aromatic heterocycles. The zero-order chi connectivity index (χ0) is 14.9. The van der Waals surface area contributed by atoms with Crippen LogP contribution in [0.2, 0.25) is 0 Å². The number of fused-ring (bicyclic) bond motifs is 1. The molecule has 4 rings (SSSR count). The number of aromatic nitrogens is 4. The molecule has 0 amide bonds. The lowest BCUT2D eigenvalue weighted by molar-refractivity contribution is 0.440. The zero-order valence-corrected chi connectivity index (χ0v) is 12.0. The summed E-state index contributed by atoms with van der Waals surface area (Å²) in [6.45, 7) is 1.96. The Bertz CT molecular complexity index is 790. The van der Waals surface area contributed by atoms with Crippen LogP contribution in [0.4, 0.5) is 4.39 Å². The molecule has 0 aliphatic carbocycles. The van der Waals surface area contributed by atoms with E-state index in [0.717, 1.165) is 48.7 Å². The van der Waals surface area contributed by atoms with E-state index in [-0.39, 0.29) is 5.82 Å². The molecule has 1 aliphatic rings. The molecule has 0 unspecified atom stereocenters. The maximum Gasteiger partial charge on any atom is 0.177 e. The Morgan fingerprint density at radius 2 is 1.95 bits per heavy atom. The number of piperidine rings is 1. The minimum Gasteiger partial charge on any atom is -0.316 e. The largest absolute Gasteiger partial charge is 0.316 e. The van der Waals surface area contributed by atoms with Gasteiger partial charge in [-0.1, -0.05) is 0 Å². The third-order valence-corrected chi connectivity index (χ3v) is 4.09. The quantitative estimate of drug-likeness (QED) is 0.789. The van der Waals surface area contributed by atoms with E-state index >= 15 is 0 Å². The van der Waals surface area contributed by atoms with Crippen LogP contribution in [0.15, 0.2) is 36.4 Å². The minimum atomic E-state index is -0.247. The number of nitrogens with one attached hydrogen (secondary N) is 1. The van der Waals surface area contributed by atoms with Crippen molar-refractivity contribution in [3.8, 4) is 11.3 Å². The molecule has 112 valence electrons. The Morgan fingerprint density at radius 1 is 1.09 bits per heavy atom. The Hall–Kier alpha value is -2.34. The lowest BCUT2D eigenvalue weighted by Crippen LogP contribution is -2.29. The minimum absolute atomic E-state index is 0.247. The molecule has 5 nitrogen and oxygen atoms in total. The smallest absolute Gasteiger partial charge is 0.177 e. The molecule has 0 bridgehead atoms. The molecule has 22 heavy (non-hydrogen) atoms. The van der Waals surface area contributed by atoms with Gasteiger partial charge >= 0.3 is 0 Å². The van der Waals surface area contributed by atoms with E-state index in [1.165, 1.54) is 12.1 Å². The SMILES string of the molecule is Fc1ccc(-c2ccc3nnc([C@H]4CCCNC4)n3n2)cc1. The summed E-state index contributed by atoms with van der Waals surface area (Å²) >= 11 is 0. The first-order chi connectivity index (χ1) is 10.8. The Labute approximate surface area is 127 Å². The standard InChI is InChI=1S/C16H16FN5/c17-13-5-3-11(4-6-13)14-7-8-15-19-20-16(22(15)21-14)12-2-1-9-18-10-12/h3-8,12,18H,1-2,9-10H2/t12-/m0/s1. The molecule has 6 heteroatoms. The second kappa shape index (κ2) is 5.46. The van der Waals surface area contributed by atoms with Crippen molar-refractivity contribution < 1.29 is 4.39 Å². The first-order valence-corrected chi connectivity index (χ1v) is 7.50. The van der Waals surface area contributed by atoms with Crippen molar-refractivity contribution in [2.75, 3.05) is 13.1 Å². The lowest BCUT2D eigenvalue weighted by Gasteiger charge is -2.20. The topological polar surface area (TPSA) is 55.1 Å². The first-order valence-electron chi connectivity index (χ1n) is 7.50. The maximum absolute atomic E-state index is 13.1. The van der Waals surface area contributed by atoms with Crippen LogP contribution in [0.25, 0.3) is 16.9 Å². The van der Waals surface area contributed by atoms with E-state index in [1.54, 1.807) is 12.1 Å². The van der Waals surface area contributed by atoms with Crippen LogP contribution in [0.5, 0.6) is 0 Å². The summed E-state index contributed by atoms with van der Waals surface area (Å²) in [5.41, 5.74) is 2.41. The van der Waals surface area contributed by atoms with Gasteiger partial charge in [0.05, 0.1) is 5.69 Å². The van der Waals surface area contributed by atoms with Crippen LogP contribution in [0.3, 0.4) is 0 Å². The summed E-state index contributed by atoms with van der Waals surface area (Å²) in [5, 5.41) is 16.6. The van der Waals surface area contributed by atoms with Crippen molar-refractivity contribution in [2.45, 2.75) is 18.8 Å². The number of halogens is 1. The molecule has 1 atom stereocenters. The molecule has 0 radical (unpaired) electrons. The average molecular weight is 297 g/mol. The van der Waals surface area contributed by atoms with Gasteiger partial charge in [0.15, 0.2) is 11.5 Å². The lowest BCUT2D eigenvalue weighted by atomic mass is 9.99. The van der Waals surface area contributed by atoms with Gasteiger partial charge in [0, 0.05) is 18.0 Å². The fourth-order valence-electron chi connectivity index (χ4n) is 2.91. The monoisotopic (exact) mass is 297 g/mol. The third-order valence-electron chi connectivity index (χ3n) is 4.09. The van der Waals surface area contributed by atoms with Crippen molar-refractivity contribution in [3.63, 3.8) is 0 Å². The van der Waals surface area contributed by atoms with E-state index in [1.807, 2.05) is 16.6 Å². The van der Waals surface area contributed by atoms with Crippen molar-refractivity contribution in [2.24, 2.45) is 0 Å². The molecule has 0 saturated carbocycles. The second-order valence-corrected chi connectivity index (χ2v) is 5.60. The first kappa shape index (κ1) is 13.3. The molecule has 1 saturated heterocycles. The summed E-state index contributed by atoms with van der Waals surface area (Å²) in [6, 6.07) is 10.1. The van der Waals surface area contributed by atoms with Gasteiger partial charge in [-0.2, -0.15) is 9.61 Å². The van der Waals surface area contributed by atoms with Gasteiger partial charge in [0.25, 0.3) is 0 Å². The number of rotatable bonds is 2. The number of hydrogen-bond acceptors (Lipinski definition) is 4. The van der Waals surface area contributed by atoms with Gasteiger partial charge in [0.2, 0.25) is 0 Å². The van der Waals surface area contributed by atoms with E-state index < -0.39 is 0 Å². The molecule has 3 heterocycles. The highest BCUT2D eigenvalue weighted by molar-refractivity contribution is 5.60. The van der Waals surface area contributed by atoms with Crippen molar-refractivity contribution >= 4 is 5.65 Å². The Kier molecular flexibility index (Phi) is 3.31. The van der Waals surface area contributed by atoms with Crippen LogP contribution in [-0.4, -0.2) is 32.9 Å². The highest BCUT2D eigenvalue weighted by Gasteiger charge is 2.21. The van der Waals surface area contributed by atoms with Gasteiger partial charge in [-0.3, -0.25) is 0 Å². The molecule has 0 spiro atoms. The summed E-state index contributed by atoms with van der Waals surface area (Å²) < 4.78 is 14.9. The predicted molar refractivity (Wildman–Crippen MR) is 81.0 cm³/mol. The maximum atomic E-state index is 13.1. The molecule has 1 aliphatic heterocycles. The molecular weight excluding hydrogens is 281 g/mol.